The van der Waals surface area contributed by atoms with Crippen molar-refractivity contribution in [2.75, 3.05) is 30.9 Å². The van der Waals surface area contributed by atoms with Crippen molar-refractivity contribution in [1.29, 1.82) is 0 Å². The van der Waals surface area contributed by atoms with Crippen LogP contribution >= 0.6 is 0 Å². The van der Waals surface area contributed by atoms with Gasteiger partial charge in [0.05, 0.1) is 16.9 Å². The first-order valence-electron chi connectivity index (χ1n) is 11.5. The fraction of sp³-hybridized carbons (Fsp3) is 0.480. The molecule has 0 bridgehead atoms. The van der Waals surface area contributed by atoms with Crippen LogP contribution in [0.2, 0.25) is 0 Å². The highest BCUT2D eigenvalue weighted by atomic mass is 15.3. The van der Waals surface area contributed by atoms with Gasteiger partial charge in [-0.25, -0.2) is 4.98 Å². The molecule has 7 nitrogen and oxygen atoms in total. The molecule has 3 aromatic rings. The Hall–Kier alpha value is -2.93. The zero-order valence-electron chi connectivity index (χ0n) is 19.7. The molecule has 0 aliphatic heterocycles. The Bertz CT molecular complexity index is 1080. The minimum atomic E-state index is 0.428. The number of para-hydroxylation sites is 1. The third kappa shape index (κ3) is 5.10. The van der Waals surface area contributed by atoms with Crippen LogP contribution in [0, 0.1) is 5.92 Å². The standard InChI is InChI=1S/C25H35N7/c1-17(2)23-14-20(32(5)30-23)16-26-15-18-10-12-19(13-11-18)27-25-28-22-9-7-6-8-21(22)24(29-25)31(3)4/h6-9,14,18-19,26H,1,10-13,15-16H2,2-5H3,(H,27,28,29). The Kier molecular flexibility index (Phi) is 6.74. The predicted molar refractivity (Wildman–Crippen MR) is 133 cm³/mol. The van der Waals surface area contributed by atoms with E-state index < -0.39 is 0 Å². The number of rotatable bonds is 8. The Labute approximate surface area is 190 Å². The van der Waals surface area contributed by atoms with Crippen LogP contribution in [0.3, 0.4) is 0 Å². The maximum Gasteiger partial charge on any atom is 0.225 e. The quantitative estimate of drug-likeness (QED) is 0.554. The van der Waals surface area contributed by atoms with Crippen LogP contribution in [-0.4, -0.2) is 46.4 Å². The molecule has 1 fully saturated rings. The number of nitrogens with zero attached hydrogens (tertiary/aromatic N) is 5. The molecule has 32 heavy (non-hydrogen) atoms. The van der Waals surface area contributed by atoms with Crippen LogP contribution in [0.1, 0.15) is 44.0 Å². The normalized spacial score (nSPS) is 18.6. The van der Waals surface area contributed by atoms with E-state index >= 15 is 0 Å². The minimum absolute atomic E-state index is 0.428. The van der Waals surface area contributed by atoms with Crippen molar-refractivity contribution in [3.63, 3.8) is 0 Å². The lowest BCUT2D eigenvalue weighted by molar-refractivity contribution is 0.323. The number of anilines is 2. The van der Waals surface area contributed by atoms with Gasteiger partial charge in [-0.1, -0.05) is 18.7 Å². The zero-order chi connectivity index (χ0) is 22.7. The van der Waals surface area contributed by atoms with Crippen LogP contribution < -0.4 is 15.5 Å². The van der Waals surface area contributed by atoms with E-state index in [1.54, 1.807) is 0 Å². The molecule has 170 valence electrons. The summed E-state index contributed by atoms with van der Waals surface area (Å²) in [6.07, 6.45) is 4.71. The molecule has 2 heterocycles. The molecule has 4 rings (SSSR count). The fourth-order valence-corrected chi connectivity index (χ4v) is 4.44. The first kappa shape index (κ1) is 22.3. The first-order chi connectivity index (χ1) is 15.4. The van der Waals surface area contributed by atoms with Crippen molar-refractivity contribution >= 4 is 28.2 Å². The van der Waals surface area contributed by atoms with Crippen LogP contribution in [0.4, 0.5) is 11.8 Å². The lowest BCUT2D eigenvalue weighted by Crippen LogP contribution is -2.32. The number of fused-ring (bicyclic) bond motifs is 1. The summed E-state index contributed by atoms with van der Waals surface area (Å²) < 4.78 is 1.95. The maximum atomic E-state index is 4.80. The second-order valence-corrected chi connectivity index (χ2v) is 9.20. The van der Waals surface area contributed by atoms with Gasteiger partial charge in [-0.3, -0.25) is 4.68 Å². The summed E-state index contributed by atoms with van der Waals surface area (Å²) in [5.41, 5.74) is 4.16. The van der Waals surface area contributed by atoms with Crippen LogP contribution in [-0.2, 0) is 13.6 Å². The molecular weight excluding hydrogens is 398 g/mol. The number of aryl methyl sites for hydroxylation is 1. The van der Waals surface area contributed by atoms with Gasteiger partial charge in [-0.05, 0) is 68.8 Å². The molecule has 0 saturated heterocycles. The predicted octanol–water partition coefficient (Wildman–Crippen LogP) is 4.22. The topological polar surface area (TPSA) is 70.9 Å². The third-order valence-corrected chi connectivity index (χ3v) is 6.34. The van der Waals surface area contributed by atoms with Gasteiger partial charge in [0, 0.05) is 39.1 Å². The van der Waals surface area contributed by atoms with Gasteiger partial charge in [0.15, 0.2) is 0 Å². The molecule has 1 aromatic carbocycles. The smallest absolute Gasteiger partial charge is 0.225 e. The van der Waals surface area contributed by atoms with Crippen molar-refractivity contribution in [3.8, 4) is 0 Å². The Morgan fingerprint density at radius 2 is 1.91 bits per heavy atom. The Balaban J connectivity index is 1.28. The van der Waals surface area contributed by atoms with Crippen molar-refractivity contribution in [1.82, 2.24) is 25.1 Å². The highest BCUT2D eigenvalue weighted by Gasteiger charge is 2.22. The van der Waals surface area contributed by atoms with Gasteiger partial charge >= 0.3 is 0 Å². The first-order valence-corrected chi connectivity index (χ1v) is 11.5. The van der Waals surface area contributed by atoms with Gasteiger partial charge in [0.2, 0.25) is 5.95 Å². The van der Waals surface area contributed by atoms with E-state index in [0.717, 1.165) is 59.9 Å². The average molecular weight is 434 g/mol. The second kappa shape index (κ2) is 9.69. The molecule has 2 aromatic heterocycles. The Morgan fingerprint density at radius 3 is 2.59 bits per heavy atom. The van der Waals surface area contributed by atoms with E-state index in [-0.39, 0.29) is 0 Å². The highest BCUT2D eigenvalue weighted by Crippen LogP contribution is 2.28. The van der Waals surface area contributed by atoms with E-state index in [0.29, 0.717) is 12.0 Å². The maximum absolute atomic E-state index is 4.80. The van der Waals surface area contributed by atoms with Crippen molar-refractivity contribution in [2.45, 2.75) is 45.2 Å². The number of allylic oxidation sites excluding steroid dienone is 1. The van der Waals surface area contributed by atoms with Crippen LogP contribution in [0.5, 0.6) is 0 Å². The van der Waals surface area contributed by atoms with Crippen molar-refractivity contribution in [3.05, 3.63) is 48.3 Å². The molecule has 1 saturated carbocycles. The van der Waals surface area contributed by atoms with Gasteiger partial charge in [0.1, 0.15) is 5.82 Å². The van der Waals surface area contributed by atoms with E-state index in [9.17, 15) is 0 Å². The number of benzene rings is 1. The summed E-state index contributed by atoms with van der Waals surface area (Å²) in [5.74, 6) is 2.40. The molecule has 0 unspecified atom stereocenters. The summed E-state index contributed by atoms with van der Waals surface area (Å²) in [6, 6.07) is 10.8. The molecule has 2 N–H and O–H groups in total. The summed E-state index contributed by atoms with van der Waals surface area (Å²) in [7, 11) is 6.06. The fourth-order valence-electron chi connectivity index (χ4n) is 4.44. The van der Waals surface area contributed by atoms with E-state index in [2.05, 4.69) is 45.4 Å². The van der Waals surface area contributed by atoms with Crippen LogP contribution in [0.25, 0.3) is 16.5 Å². The molecule has 0 atom stereocenters. The molecule has 7 heteroatoms. The number of hydrogen-bond donors (Lipinski definition) is 2. The molecule has 0 amide bonds. The van der Waals surface area contributed by atoms with Crippen molar-refractivity contribution in [2.24, 2.45) is 13.0 Å². The zero-order valence-corrected chi connectivity index (χ0v) is 19.7. The molecule has 0 spiro atoms. The van der Waals surface area contributed by atoms with Crippen LogP contribution in [0.15, 0.2) is 36.9 Å². The van der Waals surface area contributed by atoms with Gasteiger partial charge in [0.25, 0.3) is 0 Å². The lowest BCUT2D eigenvalue weighted by Gasteiger charge is -2.29. The number of nitrogens with one attached hydrogen (secondary N) is 2. The van der Waals surface area contributed by atoms with Crippen molar-refractivity contribution < 1.29 is 0 Å². The molecular formula is C25H35N7. The largest absolute Gasteiger partial charge is 0.362 e. The van der Waals surface area contributed by atoms with E-state index in [1.165, 1.54) is 18.5 Å². The molecule has 0 radical (unpaired) electrons. The SMILES string of the molecule is C=C(C)c1cc(CNCC2CCC(Nc3nc(N(C)C)c4ccccc4n3)CC2)n(C)n1. The lowest BCUT2D eigenvalue weighted by atomic mass is 9.86. The minimum Gasteiger partial charge on any atom is -0.362 e. The summed E-state index contributed by atoms with van der Waals surface area (Å²) in [5, 5.41) is 12.8. The highest BCUT2D eigenvalue weighted by molar-refractivity contribution is 5.90. The summed E-state index contributed by atoms with van der Waals surface area (Å²) in [4.78, 5) is 11.6. The number of hydrogen-bond acceptors (Lipinski definition) is 6. The summed E-state index contributed by atoms with van der Waals surface area (Å²) >= 11 is 0. The van der Waals surface area contributed by atoms with E-state index in [1.807, 2.05) is 44.9 Å². The van der Waals surface area contributed by atoms with Gasteiger partial charge in [-0.15, -0.1) is 0 Å². The molecule has 1 aliphatic carbocycles. The molecule has 1 aliphatic rings. The monoisotopic (exact) mass is 433 g/mol. The average Bonchev–Trinajstić information content (AvgIpc) is 3.15. The second-order valence-electron chi connectivity index (χ2n) is 9.20. The Morgan fingerprint density at radius 1 is 1.16 bits per heavy atom. The summed E-state index contributed by atoms with van der Waals surface area (Å²) in [6.45, 7) is 7.86. The third-order valence-electron chi connectivity index (χ3n) is 6.34. The van der Waals surface area contributed by atoms with Gasteiger partial charge in [-0.2, -0.15) is 10.1 Å². The van der Waals surface area contributed by atoms with Gasteiger partial charge < -0.3 is 15.5 Å². The number of aromatic nitrogens is 4. The van der Waals surface area contributed by atoms with E-state index in [4.69, 9.17) is 9.97 Å².